The third-order valence-electron chi connectivity index (χ3n) is 2.42. The quantitative estimate of drug-likeness (QED) is 0.909. The van der Waals surface area contributed by atoms with Crippen LogP contribution in [0.25, 0.3) is 0 Å². The molecular formula is C11H12Cl2O3. The molecular weight excluding hydrogens is 251 g/mol. The molecule has 0 heterocycles. The standard InChI is InChI=1S/C11H12Cl2O3/c1-11(2,10(14)15)7-4-6(12)5-8(13)9(7)16-3/h4-5H,1-3H3,(H,14,15). The van der Waals surface area contributed by atoms with Crippen LogP contribution >= 0.6 is 23.2 Å². The van der Waals surface area contributed by atoms with Gasteiger partial charge >= 0.3 is 5.97 Å². The number of rotatable bonds is 3. The lowest BCUT2D eigenvalue weighted by molar-refractivity contribution is -0.142. The molecule has 1 rings (SSSR count). The Labute approximate surface area is 104 Å². The van der Waals surface area contributed by atoms with Crippen molar-refractivity contribution in [2.24, 2.45) is 0 Å². The number of carboxylic acid groups (broad SMARTS) is 1. The monoisotopic (exact) mass is 262 g/mol. The van der Waals surface area contributed by atoms with Crippen LogP contribution in [0.2, 0.25) is 10.0 Å². The smallest absolute Gasteiger partial charge is 0.313 e. The lowest BCUT2D eigenvalue weighted by atomic mass is 9.84. The van der Waals surface area contributed by atoms with Crippen molar-refractivity contribution in [3.05, 3.63) is 27.7 Å². The van der Waals surface area contributed by atoms with Crippen molar-refractivity contribution in [1.82, 2.24) is 0 Å². The maximum atomic E-state index is 11.2. The van der Waals surface area contributed by atoms with Crippen LogP contribution in [0.3, 0.4) is 0 Å². The predicted octanol–water partition coefficient (Wildman–Crippen LogP) is 3.36. The number of carboxylic acids is 1. The highest BCUT2D eigenvalue weighted by Crippen LogP contribution is 2.39. The fraction of sp³-hybridized carbons (Fsp3) is 0.364. The van der Waals surface area contributed by atoms with Gasteiger partial charge in [-0.3, -0.25) is 4.79 Å². The second-order valence-electron chi connectivity index (χ2n) is 3.90. The van der Waals surface area contributed by atoms with Gasteiger partial charge in [0, 0.05) is 10.6 Å². The van der Waals surface area contributed by atoms with Gasteiger partial charge in [-0.2, -0.15) is 0 Å². The summed E-state index contributed by atoms with van der Waals surface area (Å²) in [5.41, 5.74) is -0.653. The van der Waals surface area contributed by atoms with Gasteiger partial charge in [-0.05, 0) is 26.0 Å². The number of methoxy groups -OCH3 is 1. The van der Waals surface area contributed by atoms with Crippen LogP contribution in [0, 0.1) is 0 Å². The van der Waals surface area contributed by atoms with Crippen LogP contribution in [-0.4, -0.2) is 18.2 Å². The molecule has 16 heavy (non-hydrogen) atoms. The fourth-order valence-corrected chi connectivity index (χ4v) is 1.92. The van der Waals surface area contributed by atoms with Crippen LogP contribution in [0.4, 0.5) is 0 Å². The number of benzene rings is 1. The highest BCUT2D eigenvalue weighted by atomic mass is 35.5. The maximum Gasteiger partial charge on any atom is 0.313 e. The summed E-state index contributed by atoms with van der Waals surface area (Å²) >= 11 is 11.8. The molecule has 0 unspecified atom stereocenters. The van der Waals surface area contributed by atoms with E-state index >= 15 is 0 Å². The predicted molar refractivity (Wildman–Crippen MR) is 63.7 cm³/mol. The van der Waals surface area contributed by atoms with Crippen LogP contribution in [-0.2, 0) is 10.2 Å². The minimum atomic E-state index is -1.11. The Morgan fingerprint density at radius 2 is 1.94 bits per heavy atom. The Balaban J connectivity index is 3.48. The molecule has 3 nitrogen and oxygen atoms in total. The first-order valence-electron chi connectivity index (χ1n) is 4.57. The van der Waals surface area contributed by atoms with E-state index in [1.165, 1.54) is 13.2 Å². The maximum absolute atomic E-state index is 11.2. The molecule has 1 aromatic carbocycles. The molecule has 0 saturated carbocycles. The van der Waals surface area contributed by atoms with Gasteiger partial charge in [0.25, 0.3) is 0 Å². The van der Waals surface area contributed by atoms with E-state index in [-0.39, 0.29) is 0 Å². The van der Waals surface area contributed by atoms with Gasteiger partial charge in [-0.1, -0.05) is 23.2 Å². The SMILES string of the molecule is COc1c(Cl)cc(Cl)cc1C(C)(C)C(=O)O. The average Bonchev–Trinajstić information content (AvgIpc) is 2.16. The molecule has 0 radical (unpaired) electrons. The normalized spacial score (nSPS) is 11.3. The summed E-state index contributed by atoms with van der Waals surface area (Å²) in [4.78, 5) is 11.2. The molecule has 5 heteroatoms. The molecule has 0 spiro atoms. The topological polar surface area (TPSA) is 46.5 Å². The molecule has 0 fully saturated rings. The lowest BCUT2D eigenvalue weighted by Gasteiger charge is -2.23. The molecule has 0 aliphatic carbocycles. The Morgan fingerprint density at radius 3 is 2.38 bits per heavy atom. The number of hydrogen-bond acceptors (Lipinski definition) is 2. The van der Waals surface area contributed by atoms with Gasteiger partial charge in [-0.25, -0.2) is 0 Å². The molecule has 0 amide bonds. The number of halogens is 2. The Kier molecular flexibility index (Phi) is 3.71. The summed E-state index contributed by atoms with van der Waals surface area (Å²) < 4.78 is 5.11. The largest absolute Gasteiger partial charge is 0.495 e. The molecule has 1 aromatic rings. The van der Waals surface area contributed by atoms with E-state index < -0.39 is 11.4 Å². The van der Waals surface area contributed by atoms with Crippen LogP contribution in [0.15, 0.2) is 12.1 Å². The second kappa shape index (κ2) is 4.52. The van der Waals surface area contributed by atoms with Crippen molar-refractivity contribution >= 4 is 29.2 Å². The summed E-state index contributed by atoms with van der Waals surface area (Å²) in [7, 11) is 1.44. The van der Waals surface area contributed by atoms with Crippen molar-refractivity contribution in [3.8, 4) is 5.75 Å². The highest BCUT2D eigenvalue weighted by Gasteiger charge is 2.33. The minimum Gasteiger partial charge on any atom is -0.495 e. The number of carbonyl (C=O) groups is 1. The van der Waals surface area contributed by atoms with Gasteiger partial charge in [0.05, 0.1) is 17.5 Å². The molecule has 88 valence electrons. The molecule has 0 aliphatic heterocycles. The van der Waals surface area contributed by atoms with E-state index in [0.29, 0.717) is 21.4 Å². The first kappa shape index (κ1) is 13.1. The summed E-state index contributed by atoms with van der Waals surface area (Å²) in [6, 6.07) is 3.07. The van der Waals surface area contributed by atoms with E-state index in [4.69, 9.17) is 33.0 Å². The van der Waals surface area contributed by atoms with Gasteiger partial charge in [0.2, 0.25) is 0 Å². The van der Waals surface area contributed by atoms with E-state index in [0.717, 1.165) is 0 Å². The zero-order valence-electron chi connectivity index (χ0n) is 9.17. The molecule has 0 bridgehead atoms. The second-order valence-corrected chi connectivity index (χ2v) is 4.74. The number of hydrogen-bond donors (Lipinski definition) is 1. The van der Waals surface area contributed by atoms with Crippen molar-refractivity contribution in [2.75, 3.05) is 7.11 Å². The number of aliphatic carboxylic acids is 1. The van der Waals surface area contributed by atoms with E-state index in [9.17, 15) is 4.79 Å². The molecule has 0 aliphatic rings. The van der Waals surface area contributed by atoms with Gasteiger partial charge in [-0.15, -0.1) is 0 Å². The Hall–Kier alpha value is -0.930. The third-order valence-corrected chi connectivity index (χ3v) is 2.92. The molecule has 1 N–H and O–H groups in total. The fourth-order valence-electron chi connectivity index (χ4n) is 1.35. The minimum absolute atomic E-state index is 0.305. The molecule has 0 atom stereocenters. The zero-order chi connectivity index (χ0) is 12.5. The van der Waals surface area contributed by atoms with Crippen molar-refractivity contribution < 1.29 is 14.6 Å². The Bertz CT molecular complexity index is 427. The summed E-state index contributed by atoms with van der Waals surface area (Å²) in [6.07, 6.45) is 0. The summed E-state index contributed by atoms with van der Waals surface area (Å²) in [5, 5.41) is 9.84. The highest BCUT2D eigenvalue weighted by molar-refractivity contribution is 6.35. The lowest BCUT2D eigenvalue weighted by Crippen LogP contribution is -2.29. The van der Waals surface area contributed by atoms with E-state index in [2.05, 4.69) is 0 Å². The summed E-state index contributed by atoms with van der Waals surface area (Å²) in [6.45, 7) is 3.14. The van der Waals surface area contributed by atoms with Crippen molar-refractivity contribution in [3.63, 3.8) is 0 Å². The van der Waals surface area contributed by atoms with Gasteiger partial charge in [0.15, 0.2) is 0 Å². The first-order valence-corrected chi connectivity index (χ1v) is 5.33. The van der Waals surface area contributed by atoms with Crippen molar-refractivity contribution in [1.29, 1.82) is 0 Å². The Morgan fingerprint density at radius 1 is 1.38 bits per heavy atom. The first-order chi connectivity index (χ1) is 7.30. The molecule has 0 aromatic heterocycles. The molecule has 0 saturated heterocycles. The summed E-state index contributed by atoms with van der Waals surface area (Å²) in [5.74, 6) is -0.623. The van der Waals surface area contributed by atoms with Gasteiger partial charge < -0.3 is 9.84 Å². The van der Waals surface area contributed by atoms with Gasteiger partial charge in [0.1, 0.15) is 5.75 Å². The zero-order valence-corrected chi connectivity index (χ0v) is 10.7. The van der Waals surface area contributed by atoms with Crippen molar-refractivity contribution in [2.45, 2.75) is 19.3 Å². The third kappa shape index (κ3) is 2.25. The van der Waals surface area contributed by atoms with E-state index in [1.54, 1.807) is 19.9 Å². The number of ether oxygens (including phenoxy) is 1. The average molecular weight is 263 g/mol. The van der Waals surface area contributed by atoms with Crippen LogP contribution in [0.1, 0.15) is 19.4 Å². The van der Waals surface area contributed by atoms with Crippen LogP contribution < -0.4 is 4.74 Å². The van der Waals surface area contributed by atoms with Crippen LogP contribution in [0.5, 0.6) is 5.75 Å². The van der Waals surface area contributed by atoms with E-state index in [1.807, 2.05) is 0 Å².